The molecule has 0 aliphatic heterocycles. The lowest BCUT2D eigenvalue weighted by molar-refractivity contribution is -0.126. The van der Waals surface area contributed by atoms with Gasteiger partial charge in [-0.1, -0.05) is 0 Å². The summed E-state index contributed by atoms with van der Waals surface area (Å²) in [4.78, 5) is 42.0. The largest absolute Gasteiger partial charge is 0.352 e. The van der Waals surface area contributed by atoms with Gasteiger partial charge in [-0.25, -0.2) is 4.98 Å². The predicted molar refractivity (Wildman–Crippen MR) is 92.1 cm³/mol. The zero-order valence-corrected chi connectivity index (χ0v) is 14.5. The van der Waals surface area contributed by atoms with Crippen molar-refractivity contribution in [1.82, 2.24) is 20.2 Å². The molecule has 24 heavy (non-hydrogen) atoms. The van der Waals surface area contributed by atoms with Crippen LogP contribution in [-0.4, -0.2) is 34.0 Å². The molecule has 2 heterocycles. The molecule has 0 aromatic carbocycles. The van der Waals surface area contributed by atoms with Gasteiger partial charge in [-0.15, -0.1) is 11.3 Å². The van der Waals surface area contributed by atoms with Crippen molar-refractivity contribution in [1.29, 1.82) is 0 Å². The minimum atomic E-state index is -0.258. The summed E-state index contributed by atoms with van der Waals surface area (Å²) in [6, 6.07) is 0.281. The molecule has 0 spiro atoms. The number of rotatable bonds is 6. The van der Waals surface area contributed by atoms with Crippen molar-refractivity contribution >= 4 is 33.4 Å². The number of carbonyl (C=O) groups is 2. The Bertz CT molecular complexity index is 851. The van der Waals surface area contributed by atoms with E-state index in [2.05, 4.69) is 15.6 Å². The van der Waals surface area contributed by atoms with Crippen LogP contribution >= 0.6 is 11.3 Å². The van der Waals surface area contributed by atoms with Crippen LogP contribution < -0.4 is 16.2 Å². The van der Waals surface area contributed by atoms with Crippen LogP contribution in [0.1, 0.15) is 29.7 Å². The van der Waals surface area contributed by atoms with Gasteiger partial charge in [0.2, 0.25) is 11.8 Å². The number of aryl methyl sites for hydroxylation is 3. The molecule has 2 aromatic rings. The standard InChI is InChI=1S/C16H20N4O3S/c1-9-10(2)24-15-14(9)16(23)20(8-18-15)6-5-12(21)17-7-13(22)19-11-3-4-11/h8,11H,3-7H2,1-2H3,(H,17,21)(H,19,22). The Morgan fingerprint density at radius 3 is 2.79 bits per heavy atom. The van der Waals surface area contributed by atoms with Crippen LogP contribution in [0.15, 0.2) is 11.1 Å². The Hall–Kier alpha value is -2.22. The molecule has 1 saturated carbocycles. The van der Waals surface area contributed by atoms with E-state index >= 15 is 0 Å². The number of hydrogen-bond donors (Lipinski definition) is 2. The minimum absolute atomic E-state index is 0.0235. The van der Waals surface area contributed by atoms with Crippen molar-refractivity contribution in [2.45, 2.75) is 45.7 Å². The zero-order valence-electron chi connectivity index (χ0n) is 13.7. The Labute approximate surface area is 143 Å². The second-order valence-electron chi connectivity index (χ2n) is 6.08. The number of fused-ring (bicyclic) bond motifs is 1. The number of nitrogens with zero attached hydrogens (tertiary/aromatic N) is 2. The monoisotopic (exact) mass is 348 g/mol. The summed E-state index contributed by atoms with van der Waals surface area (Å²) in [6.07, 6.45) is 3.64. The molecule has 1 fully saturated rings. The zero-order chi connectivity index (χ0) is 17.3. The fourth-order valence-corrected chi connectivity index (χ4v) is 3.41. The highest BCUT2D eigenvalue weighted by Gasteiger charge is 2.23. The van der Waals surface area contributed by atoms with Crippen LogP contribution in [0.5, 0.6) is 0 Å². The number of amides is 2. The molecule has 8 heteroatoms. The highest BCUT2D eigenvalue weighted by atomic mass is 32.1. The second kappa shape index (κ2) is 6.72. The van der Waals surface area contributed by atoms with Gasteiger partial charge in [-0.3, -0.25) is 19.0 Å². The summed E-state index contributed by atoms with van der Waals surface area (Å²) in [6.45, 7) is 4.09. The Morgan fingerprint density at radius 2 is 2.08 bits per heavy atom. The van der Waals surface area contributed by atoms with E-state index in [0.717, 1.165) is 28.1 Å². The average molecular weight is 348 g/mol. The number of carbonyl (C=O) groups excluding carboxylic acids is 2. The van der Waals surface area contributed by atoms with E-state index in [0.29, 0.717) is 5.39 Å². The van der Waals surface area contributed by atoms with Crippen LogP contribution in [0.3, 0.4) is 0 Å². The number of aromatic nitrogens is 2. The van der Waals surface area contributed by atoms with Gasteiger partial charge in [-0.2, -0.15) is 0 Å². The molecule has 2 N–H and O–H groups in total. The van der Waals surface area contributed by atoms with Crippen molar-refractivity contribution in [3.8, 4) is 0 Å². The number of hydrogen-bond acceptors (Lipinski definition) is 5. The van der Waals surface area contributed by atoms with Crippen LogP contribution in [0, 0.1) is 13.8 Å². The molecule has 0 unspecified atom stereocenters. The predicted octanol–water partition coefficient (Wildman–Crippen LogP) is 0.860. The summed E-state index contributed by atoms with van der Waals surface area (Å²) in [5.41, 5.74) is 0.823. The third kappa shape index (κ3) is 3.64. The highest BCUT2D eigenvalue weighted by Crippen LogP contribution is 2.25. The van der Waals surface area contributed by atoms with Crippen molar-refractivity contribution in [3.05, 3.63) is 27.1 Å². The van der Waals surface area contributed by atoms with E-state index in [1.54, 1.807) is 0 Å². The first-order valence-corrected chi connectivity index (χ1v) is 8.78. The average Bonchev–Trinajstić information content (AvgIpc) is 3.30. The Balaban J connectivity index is 1.57. The van der Waals surface area contributed by atoms with Crippen LogP contribution in [0.25, 0.3) is 10.2 Å². The van der Waals surface area contributed by atoms with E-state index < -0.39 is 0 Å². The molecule has 0 saturated heterocycles. The van der Waals surface area contributed by atoms with Gasteiger partial charge in [0.15, 0.2) is 0 Å². The van der Waals surface area contributed by atoms with Gasteiger partial charge < -0.3 is 10.6 Å². The van der Waals surface area contributed by atoms with Gasteiger partial charge in [-0.05, 0) is 32.3 Å². The maximum Gasteiger partial charge on any atom is 0.262 e. The molecule has 2 aromatic heterocycles. The summed E-state index contributed by atoms with van der Waals surface area (Å²) >= 11 is 1.50. The van der Waals surface area contributed by atoms with Crippen molar-refractivity contribution in [2.75, 3.05) is 6.54 Å². The molecule has 1 aliphatic carbocycles. The van der Waals surface area contributed by atoms with Gasteiger partial charge in [0, 0.05) is 23.9 Å². The Morgan fingerprint density at radius 1 is 1.33 bits per heavy atom. The van der Waals surface area contributed by atoms with Crippen molar-refractivity contribution in [3.63, 3.8) is 0 Å². The fraction of sp³-hybridized carbons (Fsp3) is 0.500. The first-order chi connectivity index (χ1) is 11.5. The van der Waals surface area contributed by atoms with Crippen molar-refractivity contribution < 1.29 is 9.59 Å². The molecule has 0 bridgehead atoms. The maximum atomic E-state index is 12.5. The van der Waals surface area contributed by atoms with Crippen LogP contribution in [-0.2, 0) is 16.1 Å². The molecule has 1 aliphatic rings. The quantitative estimate of drug-likeness (QED) is 0.810. The van der Waals surface area contributed by atoms with E-state index in [1.165, 1.54) is 22.2 Å². The lowest BCUT2D eigenvalue weighted by atomic mass is 10.2. The number of thiophene rings is 1. The van der Waals surface area contributed by atoms with Crippen LogP contribution in [0.4, 0.5) is 0 Å². The van der Waals surface area contributed by atoms with Gasteiger partial charge in [0.25, 0.3) is 5.56 Å². The van der Waals surface area contributed by atoms with E-state index in [4.69, 9.17) is 0 Å². The molecule has 7 nitrogen and oxygen atoms in total. The lowest BCUT2D eigenvalue weighted by Gasteiger charge is -2.07. The van der Waals surface area contributed by atoms with Crippen LogP contribution in [0.2, 0.25) is 0 Å². The highest BCUT2D eigenvalue weighted by molar-refractivity contribution is 7.18. The topological polar surface area (TPSA) is 93.1 Å². The Kier molecular flexibility index (Phi) is 4.66. The van der Waals surface area contributed by atoms with E-state index in [-0.39, 0.29) is 42.9 Å². The lowest BCUT2D eigenvalue weighted by Crippen LogP contribution is -2.38. The smallest absolute Gasteiger partial charge is 0.262 e. The molecule has 128 valence electrons. The molecular weight excluding hydrogens is 328 g/mol. The molecule has 0 atom stereocenters. The summed E-state index contributed by atoms with van der Waals surface area (Å²) in [7, 11) is 0. The van der Waals surface area contributed by atoms with E-state index in [9.17, 15) is 14.4 Å². The van der Waals surface area contributed by atoms with Gasteiger partial charge in [0.1, 0.15) is 4.83 Å². The molecule has 3 rings (SSSR count). The third-order valence-corrected chi connectivity index (χ3v) is 5.24. The second-order valence-corrected chi connectivity index (χ2v) is 7.28. The van der Waals surface area contributed by atoms with E-state index in [1.807, 2.05) is 13.8 Å². The molecular formula is C16H20N4O3S. The van der Waals surface area contributed by atoms with Gasteiger partial charge >= 0.3 is 0 Å². The molecule has 2 amide bonds. The first kappa shape index (κ1) is 16.6. The first-order valence-electron chi connectivity index (χ1n) is 7.97. The fourth-order valence-electron chi connectivity index (χ4n) is 2.42. The maximum absolute atomic E-state index is 12.5. The number of nitrogens with one attached hydrogen (secondary N) is 2. The molecule has 0 radical (unpaired) electrons. The third-order valence-electron chi connectivity index (χ3n) is 4.12. The summed E-state index contributed by atoms with van der Waals surface area (Å²) < 4.78 is 1.45. The van der Waals surface area contributed by atoms with Crippen molar-refractivity contribution in [2.24, 2.45) is 0 Å². The normalized spacial score (nSPS) is 13.9. The summed E-state index contributed by atoms with van der Waals surface area (Å²) in [5.74, 6) is -0.429. The minimum Gasteiger partial charge on any atom is -0.352 e. The SMILES string of the molecule is Cc1sc2ncn(CCC(=O)NCC(=O)NC3CC3)c(=O)c2c1C. The summed E-state index contributed by atoms with van der Waals surface area (Å²) in [5, 5.41) is 6.01. The van der Waals surface area contributed by atoms with Gasteiger partial charge in [0.05, 0.1) is 18.3 Å².